The summed E-state index contributed by atoms with van der Waals surface area (Å²) in [6, 6.07) is 0.246. The van der Waals surface area contributed by atoms with Crippen LogP contribution in [0.15, 0.2) is 0 Å². The van der Waals surface area contributed by atoms with Crippen LogP contribution in [0.3, 0.4) is 0 Å². The van der Waals surface area contributed by atoms with Crippen molar-refractivity contribution in [3.63, 3.8) is 0 Å². The van der Waals surface area contributed by atoms with Gasteiger partial charge in [-0.25, -0.2) is 0 Å². The molecule has 0 spiro atoms. The van der Waals surface area contributed by atoms with E-state index in [0.29, 0.717) is 6.61 Å². The minimum Gasteiger partial charge on any atom is -0.466 e. The number of ether oxygens (including phenoxy) is 2. The summed E-state index contributed by atoms with van der Waals surface area (Å²) in [5.41, 5.74) is 0. The monoisotopic (exact) mass is 215 g/mol. The van der Waals surface area contributed by atoms with Crippen molar-refractivity contribution < 1.29 is 19.1 Å². The number of esters is 2. The van der Waals surface area contributed by atoms with E-state index in [1.54, 1.807) is 6.92 Å². The fraction of sp³-hybridized carbons (Fsp3) is 0.800. The lowest BCUT2D eigenvalue weighted by Crippen LogP contribution is -2.28. The second kappa shape index (κ2) is 6.40. The maximum atomic E-state index is 11.1. The molecule has 0 saturated carbocycles. The van der Waals surface area contributed by atoms with Crippen molar-refractivity contribution in [2.24, 2.45) is 0 Å². The molecule has 0 aliphatic carbocycles. The predicted molar refractivity (Wildman–Crippen MR) is 53.2 cm³/mol. The predicted octanol–water partition coefficient (Wildman–Crippen LogP) is 0.235. The van der Waals surface area contributed by atoms with Gasteiger partial charge >= 0.3 is 11.9 Å². The molecule has 1 saturated heterocycles. The average molecular weight is 215 g/mol. The van der Waals surface area contributed by atoms with E-state index in [1.807, 2.05) is 0 Å². The molecule has 15 heavy (non-hydrogen) atoms. The normalized spacial score (nSPS) is 19.9. The van der Waals surface area contributed by atoms with E-state index in [0.717, 1.165) is 19.4 Å². The zero-order valence-corrected chi connectivity index (χ0v) is 8.95. The van der Waals surface area contributed by atoms with Gasteiger partial charge in [0.15, 0.2) is 0 Å². The number of nitrogens with one attached hydrogen (secondary N) is 1. The number of hydrogen-bond acceptors (Lipinski definition) is 5. The van der Waals surface area contributed by atoms with Crippen LogP contribution in [0.2, 0.25) is 0 Å². The van der Waals surface area contributed by atoms with E-state index in [9.17, 15) is 9.59 Å². The van der Waals surface area contributed by atoms with Crippen molar-refractivity contribution in [1.29, 1.82) is 0 Å². The molecule has 1 aliphatic rings. The highest BCUT2D eigenvalue weighted by atomic mass is 16.6. The average Bonchev–Trinajstić information content (AvgIpc) is 2.67. The zero-order chi connectivity index (χ0) is 11.1. The standard InChI is InChI=1S/C10H17NO4/c1-2-14-9(12)6-10(13)15-7-8-4-3-5-11-8/h8,11H,2-7H2,1H3. The highest BCUT2D eigenvalue weighted by Crippen LogP contribution is 2.05. The maximum Gasteiger partial charge on any atom is 0.317 e. The molecule has 1 rings (SSSR count). The first kappa shape index (κ1) is 12.0. The van der Waals surface area contributed by atoms with E-state index in [1.165, 1.54) is 0 Å². The molecular formula is C10H17NO4. The highest BCUT2D eigenvalue weighted by Gasteiger charge is 2.17. The van der Waals surface area contributed by atoms with E-state index in [4.69, 9.17) is 4.74 Å². The molecule has 5 nitrogen and oxygen atoms in total. The minimum atomic E-state index is -0.526. The lowest BCUT2D eigenvalue weighted by atomic mass is 10.2. The van der Waals surface area contributed by atoms with Gasteiger partial charge in [-0.2, -0.15) is 0 Å². The van der Waals surface area contributed by atoms with Crippen LogP contribution in [-0.2, 0) is 19.1 Å². The van der Waals surface area contributed by atoms with Gasteiger partial charge < -0.3 is 14.8 Å². The lowest BCUT2D eigenvalue weighted by Gasteiger charge is -2.10. The molecule has 1 aliphatic heterocycles. The molecular weight excluding hydrogens is 198 g/mol. The number of carbonyl (C=O) groups excluding carboxylic acids is 2. The summed E-state index contributed by atoms with van der Waals surface area (Å²) in [4.78, 5) is 22.0. The second-order valence-corrected chi connectivity index (χ2v) is 3.46. The van der Waals surface area contributed by atoms with Crippen molar-refractivity contribution >= 4 is 11.9 Å². The van der Waals surface area contributed by atoms with E-state index < -0.39 is 11.9 Å². The quantitative estimate of drug-likeness (QED) is 0.525. The summed E-state index contributed by atoms with van der Waals surface area (Å²) in [5.74, 6) is -1.04. The Balaban J connectivity index is 2.09. The molecule has 86 valence electrons. The Morgan fingerprint density at radius 2 is 2.07 bits per heavy atom. The topological polar surface area (TPSA) is 64.6 Å². The summed E-state index contributed by atoms with van der Waals surface area (Å²) in [6.07, 6.45) is 1.84. The van der Waals surface area contributed by atoms with Crippen LogP contribution in [0.25, 0.3) is 0 Å². The van der Waals surface area contributed by atoms with Gasteiger partial charge in [-0.15, -0.1) is 0 Å². The van der Waals surface area contributed by atoms with Crippen molar-refractivity contribution in [2.75, 3.05) is 19.8 Å². The van der Waals surface area contributed by atoms with Gasteiger partial charge in [0.25, 0.3) is 0 Å². The minimum absolute atomic E-state index is 0.246. The Kier molecular flexibility index (Phi) is 5.10. The summed E-state index contributed by atoms with van der Waals surface area (Å²) in [7, 11) is 0. The van der Waals surface area contributed by atoms with Crippen molar-refractivity contribution in [3.8, 4) is 0 Å². The van der Waals surface area contributed by atoms with Crippen LogP contribution < -0.4 is 5.32 Å². The Bertz CT molecular complexity index is 223. The Morgan fingerprint density at radius 3 is 2.67 bits per heavy atom. The Hall–Kier alpha value is -1.10. The van der Waals surface area contributed by atoms with Crippen LogP contribution >= 0.6 is 0 Å². The van der Waals surface area contributed by atoms with Gasteiger partial charge in [0.05, 0.1) is 6.61 Å². The third-order valence-electron chi connectivity index (χ3n) is 2.20. The van der Waals surface area contributed by atoms with Gasteiger partial charge in [-0.1, -0.05) is 0 Å². The van der Waals surface area contributed by atoms with E-state index >= 15 is 0 Å². The molecule has 0 aromatic carbocycles. The molecule has 1 atom stereocenters. The van der Waals surface area contributed by atoms with Gasteiger partial charge in [0.1, 0.15) is 13.0 Å². The van der Waals surface area contributed by atoms with Crippen molar-refractivity contribution in [1.82, 2.24) is 5.32 Å². The highest BCUT2D eigenvalue weighted by molar-refractivity contribution is 5.91. The zero-order valence-electron chi connectivity index (χ0n) is 8.95. The largest absolute Gasteiger partial charge is 0.466 e. The third-order valence-corrected chi connectivity index (χ3v) is 2.20. The van der Waals surface area contributed by atoms with Gasteiger partial charge in [0, 0.05) is 6.04 Å². The summed E-state index contributed by atoms with van der Waals surface area (Å²) in [5, 5.41) is 3.20. The first-order chi connectivity index (χ1) is 7.22. The molecule has 1 N–H and O–H groups in total. The number of rotatable bonds is 5. The Labute approximate surface area is 89.1 Å². The fourth-order valence-electron chi connectivity index (χ4n) is 1.47. The summed E-state index contributed by atoms with van der Waals surface area (Å²) >= 11 is 0. The van der Waals surface area contributed by atoms with Gasteiger partial charge in [-0.05, 0) is 26.3 Å². The molecule has 5 heteroatoms. The first-order valence-corrected chi connectivity index (χ1v) is 5.27. The van der Waals surface area contributed by atoms with Crippen molar-refractivity contribution in [2.45, 2.75) is 32.2 Å². The number of carbonyl (C=O) groups is 2. The van der Waals surface area contributed by atoms with E-state index in [-0.39, 0.29) is 19.1 Å². The third kappa shape index (κ3) is 4.78. The molecule has 0 aromatic heterocycles. The second-order valence-electron chi connectivity index (χ2n) is 3.46. The summed E-state index contributed by atoms with van der Waals surface area (Å²) in [6.45, 7) is 3.31. The lowest BCUT2D eigenvalue weighted by molar-refractivity contribution is -0.154. The van der Waals surface area contributed by atoms with E-state index in [2.05, 4.69) is 10.1 Å². The van der Waals surface area contributed by atoms with Gasteiger partial charge in [0.2, 0.25) is 0 Å². The smallest absolute Gasteiger partial charge is 0.317 e. The number of hydrogen-bond donors (Lipinski definition) is 1. The Morgan fingerprint density at radius 1 is 1.33 bits per heavy atom. The van der Waals surface area contributed by atoms with Gasteiger partial charge in [-0.3, -0.25) is 9.59 Å². The van der Waals surface area contributed by atoms with Crippen LogP contribution in [0, 0.1) is 0 Å². The van der Waals surface area contributed by atoms with Crippen LogP contribution in [0.4, 0.5) is 0 Å². The molecule has 1 unspecified atom stereocenters. The molecule has 1 heterocycles. The molecule has 0 bridgehead atoms. The SMILES string of the molecule is CCOC(=O)CC(=O)OCC1CCCN1. The van der Waals surface area contributed by atoms with Crippen LogP contribution in [0.1, 0.15) is 26.2 Å². The summed E-state index contributed by atoms with van der Waals surface area (Å²) < 4.78 is 9.57. The molecule has 1 fully saturated rings. The van der Waals surface area contributed by atoms with Crippen LogP contribution in [0.5, 0.6) is 0 Å². The molecule has 0 aromatic rings. The fourth-order valence-corrected chi connectivity index (χ4v) is 1.47. The first-order valence-electron chi connectivity index (χ1n) is 5.27. The molecule has 0 radical (unpaired) electrons. The molecule has 0 amide bonds. The van der Waals surface area contributed by atoms with Crippen LogP contribution in [-0.4, -0.2) is 37.7 Å². The maximum absolute atomic E-state index is 11.1. The van der Waals surface area contributed by atoms with Crippen molar-refractivity contribution in [3.05, 3.63) is 0 Å².